The Labute approximate surface area is 317 Å². The predicted molar refractivity (Wildman–Crippen MR) is 207 cm³/mol. The van der Waals surface area contributed by atoms with Gasteiger partial charge in [0.15, 0.2) is 0 Å². The van der Waals surface area contributed by atoms with Crippen molar-refractivity contribution in [1.82, 2.24) is 41.2 Å². The van der Waals surface area contributed by atoms with Gasteiger partial charge in [0.1, 0.15) is 23.7 Å². The van der Waals surface area contributed by atoms with Gasteiger partial charge in [-0.15, -0.1) is 0 Å². The van der Waals surface area contributed by atoms with Crippen molar-refractivity contribution in [1.29, 1.82) is 0 Å². The van der Waals surface area contributed by atoms with Crippen molar-refractivity contribution < 1.29 is 28.7 Å². The summed E-state index contributed by atoms with van der Waals surface area (Å²) in [7, 11) is 2.53. The topological polar surface area (TPSA) is 192 Å². The molecule has 0 bridgehead atoms. The summed E-state index contributed by atoms with van der Waals surface area (Å²) in [6.07, 6.45) is 2.18. The van der Waals surface area contributed by atoms with Crippen molar-refractivity contribution in [2.75, 3.05) is 14.2 Å². The lowest BCUT2D eigenvalue weighted by molar-refractivity contribution is -0.126. The van der Waals surface area contributed by atoms with Gasteiger partial charge in [0.2, 0.25) is 11.8 Å². The minimum atomic E-state index is -0.759. The average molecular weight is 743 g/mol. The van der Waals surface area contributed by atoms with E-state index in [1.54, 1.807) is 12.4 Å². The third kappa shape index (κ3) is 10.3. The van der Waals surface area contributed by atoms with Crippen molar-refractivity contribution in [2.45, 2.75) is 79.6 Å². The highest BCUT2D eigenvalue weighted by Crippen LogP contribution is 2.29. The van der Waals surface area contributed by atoms with Crippen molar-refractivity contribution in [3.05, 3.63) is 72.6 Å². The number of imidazole rings is 2. The number of carbonyl (C=O) groups excluding carboxylic acids is 4. The van der Waals surface area contributed by atoms with Crippen LogP contribution in [0, 0.1) is 23.7 Å². The number of nitrogens with one attached hydrogen (secondary N) is 6. The first-order chi connectivity index (χ1) is 25.6. The van der Waals surface area contributed by atoms with Crippen LogP contribution in [0.1, 0.15) is 79.1 Å². The van der Waals surface area contributed by atoms with Gasteiger partial charge in [0.25, 0.3) is 0 Å². The molecule has 0 aliphatic carbocycles. The second-order valence-corrected chi connectivity index (χ2v) is 14.7. The Balaban J connectivity index is 1.45. The van der Waals surface area contributed by atoms with Crippen LogP contribution in [-0.2, 0) is 19.1 Å². The second-order valence-electron chi connectivity index (χ2n) is 14.7. The number of aromatic nitrogens is 4. The molecule has 2 aromatic carbocycles. The molecule has 0 radical (unpaired) electrons. The Morgan fingerprint density at radius 3 is 1.09 bits per heavy atom. The van der Waals surface area contributed by atoms with E-state index in [2.05, 4.69) is 41.2 Å². The van der Waals surface area contributed by atoms with Crippen LogP contribution in [0.3, 0.4) is 0 Å². The molecule has 0 aliphatic rings. The summed E-state index contributed by atoms with van der Waals surface area (Å²) in [5, 5.41) is 11.3. The second kappa shape index (κ2) is 18.4. The van der Waals surface area contributed by atoms with Crippen LogP contribution in [0.4, 0.5) is 9.59 Å². The predicted octanol–water partition coefficient (Wildman–Crippen LogP) is 6.52. The average Bonchev–Trinajstić information content (AvgIpc) is 3.84. The van der Waals surface area contributed by atoms with Gasteiger partial charge in [-0.25, -0.2) is 19.6 Å². The maximum atomic E-state index is 13.2. The first kappa shape index (κ1) is 41.1. The zero-order valence-corrected chi connectivity index (χ0v) is 32.7. The lowest BCUT2D eigenvalue weighted by Gasteiger charge is -2.26. The van der Waals surface area contributed by atoms with E-state index in [-0.39, 0.29) is 35.5 Å². The SMILES string of the molecule is COC(=O)N[C@@H](C(=O)N[C@H](c1ncc(-c2ccc(-c3ccc(-c4cnc([C@@H](NC(=O)[C@H](NC(=O)OC)C(C)C)C(C)C)[nH]4)cc3)cc2)[nH]1)C(C)C)C(C)C. The highest BCUT2D eigenvalue weighted by atomic mass is 16.5. The minimum Gasteiger partial charge on any atom is -0.453 e. The van der Waals surface area contributed by atoms with Gasteiger partial charge in [-0.3, -0.25) is 9.59 Å². The number of benzene rings is 2. The van der Waals surface area contributed by atoms with E-state index >= 15 is 0 Å². The van der Waals surface area contributed by atoms with Gasteiger partial charge in [-0.05, 0) is 45.9 Å². The summed E-state index contributed by atoms with van der Waals surface area (Å²) in [4.78, 5) is 66.0. The zero-order chi connectivity index (χ0) is 39.7. The maximum Gasteiger partial charge on any atom is 0.407 e. The van der Waals surface area contributed by atoms with E-state index in [0.717, 1.165) is 33.6 Å². The van der Waals surface area contributed by atoms with Crippen molar-refractivity contribution >= 4 is 24.0 Å². The van der Waals surface area contributed by atoms with Crippen LogP contribution in [0.25, 0.3) is 33.6 Å². The van der Waals surface area contributed by atoms with Crippen LogP contribution in [-0.4, -0.2) is 70.2 Å². The van der Waals surface area contributed by atoms with Crippen LogP contribution in [0.5, 0.6) is 0 Å². The first-order valence-corrected chi connectivity index (χ1v) is 18.2. The highest BCUT2D eigenvalue weighted by Gasteiger charge is 2.31. The largest absolute Gasteiger partial charge is 0.453 e. The summed E-state index contributed by atoms with van der Waals surface area (Å²) in [6, 6.07) is 13.9. The van der Waals surface area contributed by atoms with E-state index in [1.807, 2.05) is 104 Å². The number of rotatable bonds is 15. The van der Waals surface area contributed by atoms with Crippen LogP contribution in [0.2, 0.25) is 0 Å². The normalized spacial score (nSPS) is 13.7. The number of hydrogen-bond donors (Lipinski definition) is 6. The molecule has 0 saturated carbocycles. The number of hydrogen-bond acceptors (Lipinski definition) is 8. The zero-order valence-electron chi connectivity index (χ0n) is 32.7. The molecular formula is C40H54N8O6. The summed E-state index contributed by atoms with van der Waals surface area (Å²) in [5.41, 5.74) is 5.56. The number of alkyl carbamates (subject to hydrolysis) is 2. The Morgan fingerprint density at radius 2 is 0.815 bits per heavy atom. The van der Waals surface area contributed by atoms with Crippen LogP contribution < -0.4 is 21.3 Å². The summed E-state index contributed by atoms with van der Waals surface area (Å²) in [5.74, 6) is 0.354. The monoisotopic (exact) mass is 742 g/mol. The number of methoxy groups -OCH3 is 2. The molecule has 4 amide bonds. The molecule has 14 nitrogen and oxygen atoms in total. The minimum absolute atomic E-state index is 0.0226. The fourth-order valence-electron chi connectivity index (χ4n) is 6.00. The Kier molecular flexibility index (Phi) is 14.0. The Bertz CT molecular complexity index is 1730. The lowest BCUT2D eigenvalue weighted by Crippen LogP contribution is -2.51. The molecule has 54 heavy (non-hydrogen) atoms. The van der Waals surface area contributed by atoms with Gasteiger partial charge in [-0.2, -0.15) is 0 Å². The number of H-pyrrole nitrogens is 2. The molecule has 4 atom stereocenters. The van der Waals surface area contributed by atoms with E-state index < -0.39 is 36.4 Å². The van der Waals surface area contributed by atoms with E-state index in [0.29, 0.717) is 11.6 Å². The molecule has 0 aliphatic heterocycles. The van der Waals surface area contributed by atoms with Gasteiger partial charge >= 0.3 is 12.2 Å². The molecule has 4 aromatic rings. The molecule has 2 aromatic heterocycles. The van der Waals surface area contributed by atoms with E-state index in [4.69, 9.17) is 9.47 Å². The van der Waals surface area contributed by atoms with E-state index in [1.165, 1.54) is 14.2 Å². The number of ether oxygens (including phenoxy) is 2. The van der Waals surface area contributed by atoms with Gasteiger partial charge in [0.05, 0.1) is 50.1 Å². The fraction of sp³-hybridized carbons (Fsp3) is 0.450. The standard InChI is InChI=1S/C40H54N8O6/c1-21(2)31(45-37(49)33(23(5)6)47-39(51)53-9)35-41-19-29(43-35)27-15-11-25(12-16-27)26-13-17-28(18-14-26)30-20-42-36(44-30)32(22(3)4)46-38(50)34(24(7)8)48-40(52)54-10/h11-24,31-34H,1-10H3,(H,41,43)(H,42,44)(H,45,49)(H,46,50)(H,47,51)(H,48,52)/t31-,32-,33+,34+/m0/s1. The summed E-state index contributed by atoms with van der Waals surface area (Å²) < 4.78 is 9.40. The molecule has 2 heterocycles. The number of amides is 4. The summed E-state index contributed by atoms with van der Waals surface area (Å²) >= 11 is 0. The van der Waals surface area contributed by atoms with Crippen LogP contribution >= 0.6 is 0 Å². The highest BCUT2D eigenvalue weighted by molar-refractivity contribution is 5.87. The van der Waals surface area contributed by atoms with Crippen molar-refractivity contribution in [3.8, 4) is 33.6 Å². The lowest BCUT2D eigenvalue weighted by atomic mass is 10.00. The Hall–Kier alpha value is -5.66. The molecule has 0 unspecified atom stereocenters. The molecule has 0 spiro atoms. The molecule has 290 valence electrons. The molecule has 6 N–H and O–H groups in total. The third-order valence-corrected chi connectivity index (χ3v) is 9.25. The number of nitrogens with zero attached hydrogens (tertiary/aromatic N) is 2. The quantitative estimate of drug-likeness (QED) is 0.0793. The van der Waals surface area contributed by atoms with Gasteiger partial charge in [-0.1, -0.05) is 104 Å². The van der Waals surface area contributed by atoms with Gasteiger partial charge < -0.3 is 40.7 Å². The molecule has 14 heteroatoms. The molecule has 4 rings (SSSR count). The van der Waals surface area contributed by atoms with Crippen molar-refractivity contribution in [3.63, 3.8) is 0 Å². The molecular weight excluding hydrogens is 688 g/mol. The van der Waals surface area contributed by atoms with Gasteiger partial charge in [0, 0.05) is 0 Å². The first-order valence-electron chi connectivity index (χ1n) is 18.2. The van der Waals surface area contributed by atoms with Crippen molar-refractivity contribution in [2.24, 2.45) is 23.7 Å². The van der Waals surface area contributed by atoms with E-state index in [9.17, 15) is 19.2 Å². The fourth-order valence-corrected chi connectivity index (χ4v) is 6.00. The third-order valence-electron chi connectivity index (χ3n) is 9.25. The molecule has 0 saturated heterocycles. The summed E-state index contributed by atoms with van der Waals surface area (Å²) in [6.45, 7) is 15.4. The number of aromatic amines is 2. The Morgan fingerprint density at radius 1 is 0.500 bits per heavy atom. The molecule has 0 fully saturated rings. The number of carbonyl (C=O) groups is 4. The van der Waals surface area contributed by atoms with Crippen LogP contribution in [0.15, 0.2) is 60.9 Å². The maximum absolute atomic E-state index is 13.2. The smallest absolute Gasteiger partial charge is 0.407 e.